The highest BCUT2D eigenvalue weighted by Gasteiger charge is 2.51. The predicted octanol–water partition coefficient (Wildman–Crippen LogP) is 2.60. The lowest BCUT2D eigenvalue weighted by molar-refractivity contribution is -0.147. The number of aliphatic carboxylic acids is 1. The van der Waals surface area contributed by atoms with Gasteiger partial charge in [0.15, 0.2) is 0 Å². The van der Waals surface area contributed by atoms with Gasteiger partial charge >= 0.3 is 5.97 Å². The third-order valence-corrected chi connectivity index (χ3v) is 6.10. The van der Waals surface area contributed by atoms with Gasteiger partial charge < -0.3 is 10.4 Å². The van der Waals surface area contributed by atoms with Gasteiger partial charge in [0.1, 0.15) is 0 Å². The van der Waals surface area contributed by atoms with E-state index in [1.165, 1.54) is 25.7 Å². The lowest BCUT2D eigenvalue weighted by Gasteiger charge is -2.30. The van der Waals surface area contributed by atoms with E-state index in [0.29, 0.717) is 6.54 Å². The van der Waals surface area contributed by atoms with Crippen molar-refractivity contribution in [1.82, 2.24) is 5.32 Å². The second-order valence-corrected chi connectivity index (χ2v) is 7.12. The first kappa shape index (κ1) is 14.6. The van der Waals surface area contributed by atoms with Crippen LogP contribution in [-0.2, 0) is 9.59 Å². The maximum atomic E-state index is 12.6. The van der Waals surface area contributed by atoms with Crippen molar-refractivity contribution in [3.8, 4) is 0 Å². The molecule has 0 radical (unpaired) electrons. The fourth-order valence-electron chi connectivity index (χ4n) is 4.69. The molecule has 2 fully saturated rings. The van der Waals surface area contributed by atoms with E-state index in [0.717, 1.165) is 12.8 Å². The first-order chi connectivity index (χ1) is 10.1. The number of amides is 1. The van der Waals surface area contributed by atoms with Crippen molar-refractivity contribution in [1.29, 1.82) is 0 Å². The average molecular weight is 291 g/mol. The molecule has 21 heavy (non-hydrogen) atoms. The second kappa shape index (κ2) is 5.47. The predicted molar refractivity (Wildman–Crippen MR) is 79.6 cm³/mol. The van der Waals surface area contributed by atoms with Crippen LogP contribution in [0.3, 0.4) is 0 Å². The summed E-state index contributed by atoms with van der Waals surface area (Å²) in [6.45, 7) is 2.91. The Morgan fingerprint density at radius 3 is 2.38 bits per heavy atom. The van der Waals surface area contributed by atoms with Crippen molar-refractivity contribution < 1.29 is 14.7 Å². The van der Waals surface area contributed by atoms with Gasteiger partial charge in [-0.25, -0.2) is 0 Å². The van der Waals surface area contributed by atoms with Gasteiger partial charge in [0.25, 0.3) is 0 Å². The summed E-state index contributed by atoms with van der Waals surface area (Å²) in [4.78, 5) is 24.0. The molecule has 0 aliphatic heterocycles. The lowest BCUT2D eigenvalue weighted by atomic mass is 9.81. The first-order valence-electron chi connectivity index (χ1n) is 8.25. The Balaban J connectivity index is 1.65. The van der Waals surface area contributed by atoms with Crippen LogP contribution >= 0.6 is 0 Å². The van der Waals surface area contributed by atoms with Gasteiger partial charge in [0.05, 0.1) is 11.8 Å². The van der Waals surface area contributed by atoms with E-state index in [1.807, 2.05) is 12.2 Å². The van der Waals surface area contributed by atoms with Crippen LogP contribution in [-0.4, -0.2) is 23.5 Å². The first-order valence-corrected chi connectivity index (χ1v) is 8.25. The van der Waals surface area contributed by atoms with Crippen LogP contribution in [0, 0.1) is 29.1 Å². The summed E-state index contributed by atoms with van der Waals surface area (Å²) < 4.78 is 0. The molecule has 3 aliphatic carbocycles. The van der Waals surface area contributed by atoms with E-state index in [1.54, 1.807) is 0 Å². The summed E-state index contributed by atoms with van der Waals surface area (Å²) >= 11 is 0. The van der Waals surface area contributed by atoms with Crippen LogP contribution in [0.1, 0.15) is 45.4 Å². The maximum absolute atomic E-state index is 12.6. The van der Waals surface area contributed by atoms with Gasteiger partial charge in [0.2, 0.25) is 5.91 Å². The third kappa shape index (κ3) is 2.49. The summed E-state index contributed by atoms with van der Waals surface area (Å²) in [7, 11) is 0. The van der Waals surface area contributed by atoms with E-state index in [2.05, 4.69) is 12.2 Å². The Labute approximate surface area is 126 Å². The van der Waals surface area contributed by atoms with Gasteiger partial charge in [-0.1, -0.05) is 31.9 Å². The van der Waals surface area contributed by atoms with E-state index in [4.69, 9.17) is 0 Å². The van der Waals surface area contributed by atoms with E-state index in [-0.39, 0.29) is 29.1 Å². The molecule has 4 nitrogen and oxygen atoms in total. The minimum Gasteiger partial charge on any atom is -0.481 e. The quantitative estimate of drug-likeness (QED) is 0.765. The highest BCUT2D eigenvalue weighted by molar-refractivity contribution is 5.86. The molecule has 4 heteroatoms. The number of nitrogens with one attached hydrogen (secondary N) is 1. The van der Waals surface area contributed by atoms with Crippen molar-refractivity contribution in [2.24, 2.45) is 29.1 Å². The number of rotatable bonds is 5. The molecular weight excluding hydrogens is 266 g/mol. The molecule has 2 saturated carbocycles. The molecule has 3 aliphatic rings. The van der Waals surface area contributed by atoms with Crippen LogP contribution in [0.4, 0.5) is 0 Å². The van der Waals surface area contributed by atoms with Crippen molar-refractivity contribution in [3.05, 3.63) is 12.2 Å². The molecule has 4 unspecified atom stereocenters. The average Bonchev–Trinajstić information content (AvgIpc) is 3.19. The fraction of sp³-hybridized carbons (Fsp3) is 0.765. The lowest BCUT2D eigenvalue weighted by Crippen LogP contribution is -2.43. The monoisotopic (exact) mass is 291 g/mol. The zero-order valence-corrected chi connectivity index (χ0v) is 12.7. The number of carboxylic acids is 1. The van der Waals surface area contributed by atoms with Gasteiger partial charge in [-0.05, 0) is 42.9 Å². The summed E-state index contributed by atoms with van der Waals surface area (Å²) in [6, 6.07) is 0. The highest BCUT2D eigenvalue weighted by Crippen LogP contribution is 2.48. The molecule has 0 aromatic carbocycles. The summed E-state index contributed by atoms with van der Waals surface area (Å²) in [6.07, 6.45) is 10.8. The number of fused-ring (bicyclic) bond motifs is 2. The smallest absolute Gasteiger partial charge is 0.307 e. The number of allylic oxidation sites excluding steroid dienone is 2. The highest BCUT2D eigenvalue weighted by atomic mass is 16.4. The zero-order valence-electron chi connectivity index (χ0n) is 12.7. The third-order valence-electron chi connectivity index (χ3n) is 6.10. The zero-order chi connectivity index (χ0) is 15.0. The SMILES string of the molecule is CCC1(CNC(=O)C2C3C=CC(C3)C2C(=O)O)CCCC1. The van der Waals surface area contributed by atoms with E-state index >= 15 is 0 Å². The number of hydrogen-bond donors (Lipinski definition) is 2. The van der Waals surface area contributed by atoms with Crippen LogP contribution < -0.4 is 5.32 Å². The summed E-state index contributed by atoms with van der Waals surface area (Å²) in [5, 5.41) is 12.5. The Kier molecular flexibility index (Phi) is 3.80. The molecule has 116 valence electrons. The summed E-state index contributed by atoms with van der Waals surface area (Å²) in [5.74, 6) is -1.59. The Hall–Kier alpha value is -1.32. The van der Waals surface area contributed by atoms with Crippen molar-refractivity contribution in [2.75, 3.05) is 6.54 Å². The minimum absolute atomic E-state index is 0.0426. The topological polar surface area (TPSA) is 66.4 Å². The maximum Gasteiger partial charge on any atom is 0.307 e. The largest absolute Gasteiger partial charge is 0.481 e. The molecule has 4 atom stereocenters. The van der Waals surface area contributed by atoms with Gasteiger partial charge in [-0.2, -0.15) is 0 Å². The second-order valence-electron chi connectivity index (χ2n) is 7.12. The van der Waals surface area contributed by atoms with E-state index in [9.17, 15) is 14.7 Å². The molecule has 2 bridgehead atoms. The number of hydrogen-bond acceptors (Lipinski definition) is 2. The Bertz CT molecular complexity index is 465. The van der Waals surface area contributed by atoms with Crippen molar-refractivity contribution in [2.45, 2.75) is 45.4 Å². The molecular formula is C17H25NO3. The molecule has 0 aromatic rings. The standard InChI is InChI=1S/C17H25NO3/c1-2-17(7-3-4-8-17)10-18-15(19)13-11-5-6-12(9-11)14(13)16(20)21/h5-6,11-14H,2-4,7-10H2,1H3,(H,18,19)(H,20,21). The van der Waals surface area contributed by atoms with E-state index < -0.39 is 11.9 Å². The molecule has 0 spiro atoms. The van der Waals surface area contributed by atoms with Crippen LogP contribution in [0.2, 0.25) is 0 Å². The molecule has 1 amide bonds. The van der Waals surface area contributed by atoms with Gasteiger partial charge in [0, 0.05) is 6.54 Å². The molecule has 0 aromatic heterocycles. The molecule has 2 N–H and O–H groups in total. The summed E-state index contributed by atoms with van der Waals surface area (Å²) in [5.41, 5.74) is 0.252. The number of carbonyl (C=O) groups is 2. The number of carboxylic acid groups (broad SMARTS) is 1. The molecule has 0 saturated heterocycles. The Morgan fingerprint density at radius 2 is 1.81 bits per heavy atom. The van der Waals surface area contributed by atoms with Crippen molar-refractivity contribution >= 4 is 11.9 Å². The number of carbonyl (C=O) groups excluding carboxylic acids is 1. The minimum atomic E-state index is -0.821. The fourth-order valence-corrected chi connectivity index (χ4v) is 4.69. The van der Waals surface area contributed by atoms with Crippen molar-refractivity contribution in [3.63, 3.8) is 0 Å². The van der Waals surface area contributed by atoms with Crippen LogP contribution in [0.5, 0.6) is 0 Å². The van der Waals surface area contributed by atoms with Crippen LogP contribution in [0.25, 0.3) is 0 Å². The van der Waals surface area contributed by atoms with Crippen LogP contribution in [0.15, 0.2) is 12.2 Å². The molecule has 0 heterocycles. The van der Waals surface area contributed by atoms with Gasteiger partial charge in [-0.15, -0.1) is 0 Å². The molecule has 3 rings (SSSR count). The normalized spacial score (nSPS) is 36.0. The Morgan fingerprint density at radius 1 is 1.19 bits per heavy atom. The van der Waals surface area contributed by atoms with Gasteiger partial charge in [-0.3, -0.25) is 9.59 Å².